The second-order valence-electron chi connectivity index (χ2n) is 15.2. The second kappa shape index (κ2) is 15.4. The highest BCUT2D eigenvalue weighted by Crippen LogP contribution is 2.44. The molecule has 0 saturated carbocycles. The van der Waals surface area contributed by atoms with Gasteiger partial charge in [-0.25, -0.2) is 15.0 Å². The van der Waals surface area contributed by atoms with E-state index in [1.165, 1.54) is 37.0 Å². The number of thiophene rings is 1. The fraction of sp³-hybridized carbons (Fsp3) is 0.0364. The molecule has 2 aliphatic carbocycles. The summed E-state index contributed by atoms with van der Waals surface area (Å²) in [4.78, 5) is 17.9. The number of allylic oxidation sites excluding steroid dienone is 8. The normalized spacial score (nSPS) is 15.6. The molecule has 0 spiro atoms. The van der Waals surface area contributed by atoms with E-state index in [-0.39, 0.29) is 11.8 Å². The summed E-state index contributed by atoms with van der Waals surface area (Å²) < 4.78 is 2.38. The molecule has 11 rings (SSSR count). The van der Waals surface area contributed by atoms with Gasteiger partial charge in [-0.15, -0.1) is 11.3 Å². The first-order valence-corrected chi connectivity index (χ1v) is 21.2. The Balaban J connectivity index is 1.04. The minimum absolute atomic E-state index is 0.169. The molecular weight excluding hydrogens is 749 g/mol. The molecule has 0 bridgehead atoms. The lowest BCUT2D eigenvalue weighted by molar-refractivity contribution is 0.671. The monoisotopic (exact) mass is 786 g/mol. The van der Waals surface area contributed by atoms with Crippen LogP contribution in [0.4, 0.5) is 17.1 Å². The minimum Gasteiger partial charge on any atom is -0.310 e. The maximum absolute atomic E-state index is 5.28. The smallest absolute Gasteiger partial charge is 0.164 e. The summed E-state index contributed by atoms with van der Waals surface area (Å²) in [5.74, 6) is 2.50. The Morgan fingerprint density at radius 1 is 0.417 bits per heavy atom. The highest BCUT2D eigenvalue weighted by Gasteiger charge is 2.27. The van der Waals surface area contributed by atoms with Crippen molar-refractivity contribution in [3.8, 4) is 45.0 Å². The molecule has 2 atom stereocenters. The van der Waals surface area contributed by atoms with E-state index < -0.39 is 0 Å². The fourth-order valence-electron chi connectivity index (χ4n) is 8.54. The second-order valence-corrected chi connectivity index (χ2v) is 16.3. The molecule has 60 heavy (non-hydrogen) atoms. The minimum atomic E-state index is 0.169. The molecule has 2 unspecified atom stereocenters. The van der Waals surface area contributed by atoms with E-state index in [0.717, 1.165) is 39.1 Å². The predicted octanol–water partition coefficient (Wildman–Crippen LogP) is 14.7. The average molecular weight is 787 g/mol. The molecule has 5 heteroatoms. The average Bonchev–Trinajstić information content (AvgIpc) is 3.71. The fourth-order valence-corrected chi connectivity index (χ4v) is 9.70. The standard InChI is InChI=1S/C55H38N4S/c1-4-14-37(15-5-1)39-26-30-43(31-27-39)59(44-32-28-40(29-33-44)38-16-6-2-7-17-38)45-34-35-48-51(36-45)60-50-25-13-24-49(52(48)50)55-57-53(42-19-8-3-9-20-42)56-54(58-55)47-23-12-21-41-18-10-11-22-46(41)47/h1-36,41,46H. The number of benzene rings is 7. The van der Waals surface area contributed by atoms with Crippen LogP contribution in [0.1, 0.15) is 5.82 Å². The van der Waals surface area contributed by atoms with Gasteiger partial charge in [0, 0.05) is 65.8 Å². The lowest BCUT2D eigenvalue weighted by Crippen LogP contribution is -2.17. The summed E-state index contributed by atoms with van der Waals surface area (Å²) in [6.45, 7) is 0. The Hall–Kier alpha value is -7.47. The van der Waals surface area contributed by atoms with Gasteiger partial charge in [0.2, 0.25) is 0 Å². The van der Waals surface area contributed by atoms with Crippen LogP contribution in [0.25, 0.3) is 70.8 Å². The summed E-state index contributed by atoms with van der Waals surface area (Å²) in [5, 5.41) is 2.33. The van der Waals surface area contributed by atoms with Crippen molar-refractivity contribution >= 4 is 54.1 Å². The zero-order valence-corrected chi connectivity index (χ0v) is 33.5. The number of anilines is 3. The van der Waals surface area contributed by atoms with Crippen LogP contribution in [-0.2, 0) is 0 Å². The molecule has 0 aliphatic heterocycles. The summed E-state index contributed by atoms with van der Waals surface area (Å²) in [6.07, 6.45) is 15.3. The van der Waals surface area contributed by atoms with Gasteiger partial charge in [-0.2, -0.15) is 0 Å². The van der Waals surface area contributed by atoms with E-state index in [2.05, 4.69) is 205 Å². The zero-order chi connectivity index (χ0) is 39.8. The topological polar surface area (TPSA) is 41.9 Å². The summed E-state index contributed by atoms with van der Waals surface area (Å²) >= 11 is 1.80. The predicted molar refractivity (Wildman–Crippen MR) is 252 cm³/mol. The van der Waals surface area contributed by atoms with Crippen LogP contribution >= 0.6 is 11.3 Å². The van der Waals surface area contributed by atoms with E-state index in [4.69, 9.17) is 15.0 Å². The number of hydrogen-bond donors (Lipinski definition) is 0. The number of fused-ring (bicyclic) bond motifs is 4. The largest absolute Gasteiger partial charge is 0.310 e. The first-order valence-electron chi connectivity index (χ1n) is 20.4. The van der Waals surface area contributed by atoms with Gasteiger partial charge < -0.3 is 4.90 Å². The summed E-state index contributed by atoms with van der Waals surface area (Å²) in [7, 11) is 0. The van der Waals surface area contributed by atoms with Crippen molar-refractivity contribution in [1.82, 2.24) is 15.0 Å². The Labute approximate surface area is 353 Å². The Morgan fingerprint density at radius 2 is 0.967 bits per heavy atom. The van der Waals surface area contributed by atoms with Gasteiger partial charge in [-0.1, -0.05) is 176 Å². The lowest BCUT2D eigenvalue weighted by Gasteiger charge is -2.26. The van der Waals surface area contributed by atoms with Crippen molar-refractivity contribution in [1.29, 1.82) is 0 Å². The van der Waals surface area contributed by atoms with Gasteiger partial charge in [-0.05, 0) is 64.7 Å². The van der Waals surface area contributed by atoms with Crippen molar-refractivity contribution in [2.45, 2.75) is 0 Å². The molecule has 7 aromatic carbocycles. The van der Waals surface area contributed by atoms with Crippen molar-refractivity contribution in [2.24, 2.45) is 11.8 Å². The first-order chi connectivity index (χ1) is 29.7. The van der Waals surface area contributed by atoms with Crippen LogP contribution < -0.4 is 4.90 Å². The van der Waals surface area contributed by atoms with Gasteiger partial charge in [0.1, 0.15) is 0 Å². The van der Waals surface area contributed by atoms with E-state index >= 15 is 0 Å². The van der Waals surface area contributed by atoms with E-state index in [0.29, 0.717) is 17.5 Å². The van der Waals surface area contributed by atoms with Gasteiger partial charge in [0.25, 0.3) is 0 Å². The number of rotatable bonds is 8. The zero-order valence-electron chi connectivity index (χ0n) is 32.6. The third-order valence-corrected chi connectivity index (χ3v) is 12.6. The van der Waals surface area contributed by atoms with Crippen molar-refractivity contribution in [3.63, 3.8) is 0 Å². The molecule has 0 amide bonds. The molecule has 0 fully saturated rings. The molecule has 2 aromatic heterocycles. The number of hydrogen-bond acceptors (Lipinski definition) is 5. The van der Waals surface area contributed by atoms with Crippen LogP contribution in [0.15, 0.2) is 218 Å². The molecule has 2 heterocycles. The van der Waals surface area contributed by atoms with Crippen molar-refractivity contribution in [3.05, 3.63) is 224 Å². The van der Waals surface area contributed by atoms with Crippen LogP contribution in [0.5, 0.6) is 0 Å². The number of nitrogens with zero attached hydrogens (tertiary/aromatic N) is 4. The van der Waals surface area contributed by atoms with Gasteiger partial charge in [-0.3, -0.25) is 0 Å². The Kier molecular flexibility index (Phi) is 9.14. The SMILES string of the molecule is C1=CC2C=CC=C(c3nc(-c4ccccc4)nc(-c4cccc5sc6cc(N(c7ccc(-c8ccccc8)cc7)c7ccc(-c8ccccc8)cc7)ccc6c45)n3)C2C=C1. The molecule has 0 radical (unpaired) electrons. The lowest BCUT2D eigenvalue weighted by atomic mass is 9.79. The number of aromatic nitrogens is 3. The molecule has 284 valence electrons. The quantitative estimate of drug-likeness (QED) is 0.154. The maximum Gasteiger partial charge on any atom is 0.164 e. The van der Waals surface area contributed by atoms with Crippen molar-refractivity contribution in [2.75, 3.05) is 4.90 Å². The molecule has 0 N–H and O–H groups in total. The first kappa shape index (κ1) is 35.7. The highest BCUT2D eigenvalue weighted by atomic mass is 32.1. The Bertz CT molecular complexity index is 3040. The molecular formula is C55H38N4S. The molecule has 2 aliphatic rings. The molecule has 4 nitrogen and oxygen atoms in total. The van der Waals surface area contributed by atoms with E-state index in [1.54, 1.807) is 11.3 Å². The summed E-state index contributed by atoms with van der Waals surface area (Å²) in [5.41, 5.74) is 11.1. The molecule has 0 saturated heterocycles. The third-order valence-electron chi connectivity index (χ3n) is 11.5. The Morgan fingerprint density at radius 3 is 1.63 bits per heavy atom. The summed E-state index contributed by atoms with van der Waals surface area (Å²) in [6, 6.07) is 62.5. The van der Waals surface area contributed by atoms with Crippen LogP contribution in [-0.4, -0.2) is 15.0 Å². The third kappa shape index (κ3) is 6.65. The van der Waals surface area contributed by atoms with Crippen LogP contribution in [0.3, 0.4) is 0 Å². The van der Waals surface area contributed by atoms with E-state index in [1.807, 2.05) is 18.2 Å². The molecule has 9 aromatic rings. The van der Waals surface area contributed by atoms with Crippen LogP contribution in [0, 0.1) is 11.8 Å². The highest BCUT2D eigenvalue weighted by molar-refractivity contribution is 7.26. The van der Waals surface area contributed by atoms with Gasteiger partial charge in [0.15, 0.2) is 17.5 Å². The van der Waals surface area contributed by atoms with Crippen molar-refractivity contribution < 1.29 is 0 Å². The van der Waals surface area contributed by atoms with Gasteiger partial charge in [0.05, 0.1) is 0 Å². The maximum atomic E-state index is 5.28. The van der Waals surface area contributed by atoms with Crippen LogP contribution in [0.2, 0.25) is 0 Å². The van der Waals surface area contributed by atoms with E-state index in [9.17, 15) is 0 Å². The van der Waals surface area contributed by atoms with Gasteiger partial charge >= 0.3 is 0 Å².